The molecular weight excluding hydrogens is 245 g/mol. The van der Waals surface area contributed by atoms with Crippen molar-refractivity contribution in [2.24, 2.45) is 7.05 Å². The first-order valence-corrected chi connectivity index (χ1v) is 5.23. The first-order chi connectivity index (χ1) is 8.02. The number of fused-ring (bicyclic) bond motifs is 1. The fourth-order valence-corrected chi connectivity index (χ4v) is 2.03. The summed E-state index contributed by atoms with van der Waals surface area (Å²) in [7, 11) is 1.63. The van der Waals surface area contributed by atoms with Crippen LogP contribution in [0.2, 0.25) is 5.15 Å². The van der Waals surface area contributed by atoms with Crippen LogP contribution in [0.3, 0.4) is 0 Å². The van der Waals surface area contributed by atoms with E-state index in [1.54, 1.807) is 19.2 Å². The van der Waals surface area contributed by atoms with E-state index < -0.39 is 5.97 Å². The number of carboxylic acid groups (broad SMARTS) is 1. The minimum absolute atomic E-state index is 0.308. The van der Waals surface area contributed by atoms with Gasteiger partial charge >= 0.3 is 5.97 Å². The van der Waals surface area contributed by atoms with Crippen molar-refractivity contribution in [1.29, 1.82) is 0 Å². The van der Waals surface area contributed by atoms with Gasteiger partial charge in [0, 0.05) is 24.1 Å². The van der Waals surface area contributed by atoms with Gasteiger partial charge in [0.1, 0.15) is 11.0 Å². The van der Waals surface area contributed by atoms with Gasteiger partial charge in [-0.2, -0.15) is 0 Å². The Bertz CT molecular complexity index is 631. The van der Waals surface area contributed by atoms with Crippen molar-refractivity contribution < 1.29 is 14.3 Å². The number of para-hydroxylation sites is 1. The van der Waals surface area contributed by atoms with Crippen LogP contribution in [0.25, 0.3) is 17.0 Å². The molecule has 2 rings (SSSR count). The van der Waals surface area contributed by atoms with E-state index in [2.05, 4.69) is 0 Å². The number of benzene rings is 1. The number of aliphatic carboxylic acids is 1. The molecule has 1 aromatic carbocycles. The molecule has 1 aromatic heterocycles. The average Bonchev–Trinajstić information content (AvgIpc) is 2.51. The zero-order valence-electron chi connectivity index (χ0n) is 8.95. The minimum atomic E-state index is -1.07. The lowest BCUT2D eigenvalue weighted by Gasteiger charge is -1.97. The molecule has 0 amide bonds. The number of halogens is 2. The van der Waals surface area contributed by atoms with Crippen molar-refractivity contribution >= 4 is 34.5 Å². The van der Waals surface area contributed by atoms with Crippen molar-refractivity contribution in [3.63, 3.8) is 0 Å². The molecule has 5 heteroatoms. The third-order valence-corrected chi connectivity index (χ3v) is 2.98. The van der Waals surface area contributed by atoms with Gasteiger partial charge in [-0.25, -0.2) is 9.18 Å². The molecule has 2 aromatic rings. The van der Waals surface area contributed by atoms with Gasteiger partial charge in [-0.3, -0.25) is 0 Å². The Morgan fingerprint density at radius 3 is 2.88 bits per heavy atom. The molecule has 0 saturated heterocycles. The molecule has 0 radical (unpaired) electrons. The van der Waals surface area contributed by atoms with Crippen molar-refractivity contribution in [2.75, 3.05) is 0 Å². The number of rotatable bonds is 2. The van der Waals surface area contributed by atoms with Crippen molar-refractivity contribution in [1.82, 2.24) is 4.57 Å². The highest BCUT2D eigenvalue weighted by Gasteiger charge is 2.14. The lowest BCUT2D eigenvalue weighted by Crippen LogP contribution is -1.89. The van der Waals surface area contributed by atoms with E-state index in [1.807, 2.05) is 0 Å². The maximum Gasteiger partial charge on any atom is 0.328 e. The maximum absolute atomic E-state index is 13.6. The van der Waals surface area contributed by atoms with E-state index >= 15 is 0 Å². The van der Waals surface area contributed by atoms with Crippen molar-refractivity contribution in [3.8, 4) is 0 Å². The first kappa shape index (κ1) is 11.7. The number of nitrogens with zero attached hydrogens (tertiary/aromatic N) is 1. The SMILES string of the molecule is Cn1c(Cl)c(/C=C/C(=O)O)c2cccc(F)c21. The highest BCUT2D eigenvalue weighted by molar-refractivity contribution is 6.33. The van der Waals surface area contributed by atoms with E-state index in [9.17, 15) is 9.18 Å². The molecule has 0 spiro atoms. The van der Waals surface area contributed by atoms with Gasteiger partial charge in [0.05, 0.1) is 5.52 Å². The molecule has 0 saturated carbocycles. The Morgan fingerprint density at radius 1 is 1.53 bits per heavy atom. The molecule has 1 heterocycles. The van der Waals surface area contributed by atoms with Crippen LogP contribution < -0.4 is 0 Å². The summed E-state index contributed by atoms with van der Waals surface area (Å²) in [5.41, 5.74) is 0.869. The van der Waals surface area contributed by atoms with Crippen LogP contribution >= 0.6 is 11.6 Å². The Hall–Kier alpha value is -1.81. The topological polar surface area (TPSA) is 42.2 Å². The minimum Gasteiger partial charge on any atom is -0.478 e. The number of aryl methyl sites for hydroxylation is 1. The van der Waals surface area contributed by atoms with E-state index in [-0.39, 0.29) is 5.82 Å². The summed E-state index contributed by atoms with van der Waals surface area (Å²) in [6.07, 6.45) is 2.35. The van der Waals surface area contributed by atoms with Crippen LogP contribution in [0.1, 0.15) is 5.56 Å². The highest BCUT2D eigenvalue weighted by Crippen LogP contribution is 2.31. The molecule has 0 aliphatic rings. The summed E-state index contributed by atoms with van der Waals surface area (Å²) in [6, 6.07) is 4.60. The van der Waals surface area contributed by atoms with Crippen LogP contribution in [0.5, 0.6) is 0 Å². The Morgan fingerprint density at radius 2 is 2.24 bits per heavy atom. The summed E-state index contributed by atoms with van der Waals surface area (Å²) >= 11 is 6.04. The lowest BCUT2D eigenvalue weighted by atomic mass is 10.1. The van der Waals surface area contributed by atoms with Crippen LogP contribution in [0, 0.1) is 5.82 Å². The first-order valence-electron chi connectivity index (χ1n) is 4.85. The highest BCUT2D eigenvalue weighted by atomic mass is 35.5. The fourth-order valence-electron chi connectivity index (χ4n) is 1.78. The Kier molecular flexibility index (Phi) is 2.90. The fraction of sp³-hybridized carbons (Fsp3) is 0.0833. The van der Waals surface area contributed by atoms with Gasteiger partial charge in [-0.05, 0) is 12.1 Å². The zero-order valence-corrected chi connectivity index (χ0v) is 9.70. The van der Waals surface area contributed by atoms with Gasteiger partial charge < -0.3 is 9.67 Å². The predicted molar refractivity (Wildman–Crippen MR) is 64.6 cm³/mol. The van der Waals surface area contributed by atoms with Crippen LogP contribution in [-0.2, 0) is 11.8 Å². The van der Waals surface area contributed by atoms with Gasteiger partial charge in [0.15, 0.2) is 0 Å². The quantitative estimate of drug-likeness (QED) is 0.836. The molecule has 0 aliphatic heterocycles. The summed E-state index contributed by atoms with van der Waals surface area (Å²) in [4.78, 5) is 10.5. The molecule has 1 N–H and O–H groups in total. The van der Waals surface area contributed by atoms with Gasteiger partial charge in [0.2, 0.25) is 0 Å². The Balaban J connectivity index is 2.76. The molecular formula is C12H9ClFNO2. The number of aromatic nitrogens is 1. The maximum atomic E-state index is 13.6. The summed E-state index contributed by atoms with van der Waals surface area (Å²) in [5, 5.41) is 9.49. The zero-order chi connectivity index (χ0) is 12.6. The second-order valence-electron chi connectivity index (χ2n) is 3.57. The number of hydrogen-bond donors (Lipinski definition) is 1. The number of carboxylic acids is 1. The normalized spacial score (nSPS) is 11.5. The van der Waals surface area contributed by atoms with E-state index in [0.717, 1.165) is 6.08 Å². The van der Waals surface area contributed by atoms with E-state index in [0.29, 0.717) is 21.6 Å². The third kappa shape index (κ3) is 1.91. The molecule has 3 nitrogen and oxygen atoms in total. The molecule has 17 heavy (non-hydrogen) atoms. The second kappa shape index (κ2) is 4.22. The van der Waals surface area contributed by atoms with Crippen molar-refractivity contribution in [2.45, 2.75) is 0 Å². The van der Waals surface area contributed by atoms with Crippen LogP contribution in [0.4, 0.5) is 4.39 Å². The third-order valence-electron chi connectivity index (χ3n) is 2.52. The summed E-state index contributed by atoms with van der Waals surface area (Å²) in [5.74, 6) is -1.46. The van der Waals surface area contributed by atoms with Crippen LogP contribution in [-0.4, -0.2) is 15.6 Å². The van der Waals surface area contributed by atoms with E-state index in [1.165, 1.54) is 16.7 Å². The van der Waals surface area contributed by atoms with Crippen molar-refractivity contribution in [3.05, 3.63) is 40.8 Å². The molecule has 0 unspecified atom stereocenters. The second-order valence-corrected chi connectivity index (χ2v) is 3.93. The standard InChI is InChI=1S/C12H9ClFNO2/c1-15-11-7(3-2-4-9(11)14)8(12(15)13)5-6-10(16)17/h2-6H,1H3,(H,16,17)/b6-5+. The largest absolute Gasteiger partial charge is 0.478 e. The number of hydrogen-bond acceptors (Lipinski definition) is 1. The molecule has 0 aliphatic carbocycles. The monoisotopic (exact) mass is 253 g/mol. The van der Waals surface area contributed by atoms with Crippen LogP contribution in [0.15, 0.2) is 24.3 Å². The van der Waals surface area contributed by atoms with Gasteiger partial charge in [0.25, 0.3) is 0 Å². The lowest BCUT2D eigenvalue weighted by molar-refractivity contribution is -0.131. The predicted octanol–water partition coefficient (Wildman–Crippen LogP) is 3.07. The van der Waals surface area contributed by atoms with Gasteiger partial charge in [-0.15, -0.1) is 0 Å². The molecule has 0 fully saturated rings. The van der Waals surface area contributed by atoms with E-state index in [4.69, 9.17) is 16.7 Å². The average molecular weight is 254 g/mol. The molecule has 88 valence electrons. The molecule has 0 atom stereocenters. The summed E-state index contributed by atoms with van der Waals surface area (Å²) in [6.45, 7) is 0. The Labute approximate surface area is 102 Å². The summed E-state index contributed by atoms with van der Waals surface area (Å²) < 4.78 is 15.1. The van der Waals surface area contributed by atoms with Gasteiger partial charge in [-0.1, -0.05) is 23.7 Å². The number of carbonyl (C=O) groups is 1. The smallest absolute Gasteiger partial charge is 0.328 e. The molecule has 0 bridgehead atoms.